The Morgan fingerprint density at radius 2 is 1.83 bits per heavy atom. The maximum Gasteiger partial charge on any atom is 0.115 e. The molecular weight excluding hydrogens is 222 g/mol. The van der Waals surface area contributed by atoms with E-state index < -0.39 is 0 Å². The van der Waals surface area contributed by atoms with Crippen molar-refractivity contribution in [3.8, 4) is 5.75 Å². The molecule has 1 atom stereocenters. The van der Waals surface area contributed by atoms with Gasteiger partial charge in [-0.2, -0.15) is 0 Å². The van der Waals surface area contributed by atoms with Crippen LogP contribution in [0.25, 0.3) is 0 Å². The molecule has 0 bridgehead atoms. The summed E-state index contributed by atoms with van der Waals surface area (Å²) >= 11 is 0. The number of aromatic hydroxyl groups is 1. The lowest BCUT2D eigenvalue weighted by Gasteiger charge is -2.29. The van der Waals surface area contributed by atoms with Crippen LogP contribution < -0.4 is 0 Å². The molecule has 18 heavy (non-hydrogen) atoms. The average molecular weight is 247 g/mol. The lowest BCUT2D eigenvalue weighted by Crippen LogP contribution is -2.28. The van der Waals surface area contributed by atoms with Crippen LogP contribution in [-0.2, 0) is 0 Å². The van der Waals surface area contributed by atoms with Gasteiger partial charge in [0, 0.05) is 12.6 Å². The standard InChI is InChI=1S/C16H25NO/c1-4-16(5-2)10-11-17(12-16)13(3)14-6-8-15(18)9-7-14/h6-9,13,18H,4-5,10-12H2,1-3H3. The topological polar surface area (TPSA) is 23.5 Å². The van der Waals surface area contributed by atoms with Crippen LogP contribution in [0.1, 0.15) is 51.6 Å². The Kier molecular flexibility index (Phi) is 3.96. The third kappa shape index (κ3) is 2.54. The number of nitrogens with zero attached hydrogens (tertiary/aromatic N) is 1. The molecular formula is C16H25NO. The monoisotopic (exact) mass is 247 g/mol. The Balaban J connectivity index is 2.07. The highest BCUT2D eigenvalue weighted by atomic mass is 16.3. The van der Waals surface area contributed by atoms with Crippen molar-refractivity contribution in [1.29, 1.82) is 0 Å². The zero-order valence-corrected chi connectivity index (χ0v) is 11.8. The highest BCUT2D eigenvalue weighted by Gasteiger charge is 2.36. The summed E-state index contributed by atoms with van der Waals surface area (Å²) in [5.41, 5.74) is 1.83. The summed E-state index contributed by atoms with van der Waals surface area (Å²) in [7, 11) is 0. The molecule has 1 N–H and O–H groups in total. The molecule has 1 saturated heterocycles. The number of likely N-dealkylation sites (tertiary alicyclic amines) is 1. The van der Waals surface area contributed by atoms with Crippen molar-refractivity contribution in [2.75, 3.05) is 13.1 Å². The third-order valence-electron chi connectivity index (χ3n) is 4.89. The summed E-state index contributed by atoms with van der Waals surface area (Å²) in [6.07, 6.45) is 3.88. The Hall–Kier alpha value is -1.02. The number of hydrogen-bond donors (Lipinski definition) is 1. The smallest absolute Gasteiger partial charge is 0.115 e. The van der Waals surface area contributed by atoms with E-state index >= 15 is 0 Å². The fraction of sp³-hybridized carbons (Fsp3) is 0.625. The van der Waals surface area contributed by atoms with E-state index in [1.165, 1.54) is 37.9 Å². The molecule has 1 aromatic rings. The van der Waals surface area contributed by atoms with E-state index in [0.29, 0.717) is 17.2 Å². The van der Waals surface area contributed by atoms with Crippen LogP contribution in [0, 0.1) is 5.41 Å². The average Bonchev–Trinajstić information content (AvgIpc) is 2.84. The van der Waals surface area contributed by atoms with Gasteiger partial charge in [0.2, 0.25) is 0 Å². The SMILES string of the molecule is CCC1(CC)CCN(C(C)c2ccc(O)cc2)C1. The molecule has 0 amide bonds. The van der Waals surface area contributed by atoms with Crippen molar-refractivity contribution in [1.82, 2.24) is 4.90 Å². The van der Waals surface area contributed by atoms with E-state index in [-0.39, 0.29) is 0 Å². The van der Waals surface area contributed by atoms with E-state index in [1.54, 1.807) is 12.1 Å². The largest absolute Gasteiger partial charge is 0.508 e. The van der Waals surface area contributed by atoms with Crippen molar-refractivity contribution in [3.63, 3.8) is 0 Å². The van der Waals surface area contributed by atoms with E-state index in [0.717, 1.165) is 0 Å². The number of hydrogen-bond acceptors (Lipinski definition) is 2. The van der Waals surface area contributed by atoms with Gasteiger partial charge in [-0.25, -0.2) is 0 Å². The summed E-state index contributed by atoms with van der Waals surface area (Å²) < 4.78 is 0. The number of rotatable bonds is 4. The zero-order chi connectivity index (χ0) is 13.2. The van der Waals surface area contributed by atoms with Crippen LogP contribution in [0.5, 0.6) is 5.75 Å². The molecule has 1 unspecified atom stereocenters. The minimum atomic E-state index is 0.351. The molecule has 100 valence electrons. The fourth-order valence-electron chi connectivity index (χ4n) is 3.09. The normalized spacial score (nSPS) is 21.1. The molecule has 1 aliphatic heterocycles. The van der Waals surface area contributed by atoms with Crippen molar-refractivity contribution in [2.24, 2.45) is 5.41 Å². The van der Waals surface area contributed by atoms with Crippen LogP contribution in [0.3, 0.4) is 0 Å². The minimum Gasteiger partial charge on any atom is -0.508 e. The van der Waals surface area contributed by atoms with Crippen molar-refractivity contribution >= 4 is 0 Å². The predicted octanol–water partition coefficient (Wildman–Crippen LogP) is 3.97. The summed E-state index contributed by atoms with van der Waals surface area (Å²) in [6.45, 7) is 9.32. The third-order valence-corrected chi connectivity index (χ3v) is 4.89. The van der Waals surface area contributed by atoms with E-state index in [9.17, 15) is 5.11 Å². The van der Waals surface area contributed by atoms with E-state index in [4.69, 9.17) is 0 Å². The van der Waals surface area contributed by atoms with Gasteiger partial charge in [0.05, 0.1) is 0 Å². The van der Waals surface area contributed by atoms with Crippen LogP contribution in [0.4, 0.5) is 0 Å². The van der Waals surface area contributed by atoms with Gasteiger partial charge in [0.25, 0.3) is 0 Å². The summed E-state index contributed by atoms with van der Waals surface area (Å²) in [6, 6.07) is 8.10. The minimum absolute atomic E-state index is 0.351. The Morgan fingerprint density at radius 1 is 1.22 bits per heavy atom. The van der Waals surface area contributed by atoms with Gasteiger partial charge < -0.3 is 5.11 Å². The molecule has 1 aromatic carbocycles. The second-order valence-electron chi connectivity index (χ2n) is 5.70. The van der Waals surface area contributed by atoms with Gasteiger partial charge in [-0.3, -0.25) is 4.90 Å². The van der Waals surface area contributed by atoms with Gasteiger partial charge in [-0.1, -0.05) is 26.0 Å². The molecule has 0 aliphatic carbocycles. The first-order valence-electron chi connectivity index (χ1n) is 7.13. The molecule has 1 aliphatic rings. The first-order valence-corrected chi connectivity index (χ1v) is 7.13. The van der Waals surface area contributed by atoms with Gasteiger partial charge in [-0.05, 0) is 55.8 Å². The number of benzene rings is 1. The molecule has 0 spiro atoms. The Morgan fingerprint density at radius 3 is 2.33 bits per heavy atom. The number of phenols is 1. The second-order valence-corrected chi connectivity index (χ2v) is 5.70. The molecule has 2 nitrogen and oxygen atoms in total. The van der Waals surface area contributed by atoms with Gasteiger partial charge >= 0.3 is 0 Å². The quantitative estimate of drug-likeness (QED) is 0.870. The summed E-state index contributed by atoms with van der Waals surface area (Å²) in [5.74, 6) is 0.351. The predicted molar refractivity (Wildman–Crippen MR) is 75.7 cm³/mol. The van der Waals surface area contributed by atoms with Gasteiger partial charge in [0.15, 0.2) is 0 Å². The van der Waals surface area contributed by atoms with E-state index in [2.05, 4.69) is 25.7 Å². The van der Waals surface area contributed by atoms with Crippen LogP contribution in [0.15, 0.2) is 24.3 Å². The van der Waals surface area contributed by atoms with Crippen LogP contribution in [-0.4, -0.2) is 23.1 Å². The summed E-state index contributed by atoms with van der Waals surface area (Å²) in [5, 5.41) is 9.35. The first kappa shape index (κ1) is 13.4. The molecule has 0 radical (unpaired) electrons. The molecule has 0 saturated carbocycles. The zero-order valence-electron chi connectivity index (χ0n) is 11.8. The lowest BCUT2D eigenvalue weighted by atomic mass is 9.82. The second kappa shape index (κ2) is 5.31. The molecule has 1 heterocycles. The maximum absolute atomic E-state index is 9.35. The lowest BCUT2D eigenvalue weighted by molar-refractivity contribution is 0.204. The first-order chi connectivity index (χ1) is 8.60. The molecule has 2 heteroatoms. The Labute approximate surface area is 111 Å². The van der Waals surface area contributed by atoms with Crippen molar-refractivity contribution in [3.05, 3.63) is 29.8 Å². The van der Waals surface area contributed by atoms with Crippen molar-refractivity contribution < 1.29 is 5.11 Å². The van der Waals surface area contributed by atoms with Crippen LogP contribution in [0.2, 0.25) is 0 Å². The highest BCUT2D eigenvalue weighted by molar-refractivity contribution is 5.28. The fourth-order valence-corrected chi connectivity index (χ4v) is 3.09. The van der Waals surface area contributed by atoms with Crippen LogP contribution >= 0.6 is 0 Å². The van der Waals surface area contributed by atoms with Gasteiger partial charge in [-0.15, -0.1) is 0 Å². The number of phenolic OH excluding ortho intramolecular Hbond substituents is 1. The Bertz CT molecular complexity index is 381. The maximum atomic E-state index is 9.35. The highest BCUT2D eigenvalue weighted by Crippen LogP contribution is 2.40. The van der Waals surface area contributed by atoms with Gasteiger partial charge in [0.1, 0.15) is 5.75 Å². The molecule has 0 aromatic heterocycles. The molecule has 2 rings (SSSR count). The van der Waals surface area contributed by atoms with E-state index in [1.807, 2.05) is 12.1 Å². The summed E-state index contributed by atoms with van der Waals surface area (Å²) in [4.78, 5) is 2.58. The molecule has 1 fully saturated rings. The van der Waals surface area contributed by atoms with Crippen molar-refractivity contribution in [2.45, 2.75) is 46.1 Å².